The lowest BCUT2D eigenvalue weighted by molar-refractivity contribution is 0.340. The lowest BCUT2D eigenvalue weighted by Gasteiger charge is -1.97. The van der Waals surface area contributed by atoms with Gasteiger partial charge in [-0.05, 0) is 12.5 Å². The minimum Gasteiger partial charge on any atom is -0.392 e. The van der Waals surface area contributed by atoms with Crippen molar-refractivity contribution in [2.45, 2.75) is 32.6 Å². The summed E-state index contributed by atoms with van der Waals surface area (Å²) in [4.78, 5) is 0. The van der Waals surface area contributed by atoms with E-state index in [9.17, 15) is 4.39 Å². The SMILES string of the molecule is CCCCCCS/C(F)=C\CO. The van der Waals surface area contributed by atoms with E-state index in [1.807, 2.05) is 0 Å². The second kappa shape index (κ2) is 9.07. The molecule has 0 aromatic carbocycles. The number of hydrogen-bond acceptors (Lipinski definition) is 2. The van der Waals surface area contributed by atoms with Gasteiger partial charge < -0.3 is 5.11 Å². The van der Waals surface area contributed by atoms with Crippen LogP contribution in [0.5, 0.6) is 0 Å². The average molecular weight is 192 g/mol. The fourth-order valence-electron chi connectivity index (χ4n) is 0.829. The Morgan fingerprint density at radius 1 is 1.42 bits per heavy atom. The van der Waals surface area contributed by atoms with Crippen LogP contribution in [0, 0.1) is 0 Å². The van der Waals surface area contributed by atoms with Crippen molar-refractivity contribution >= 4 is 11.8 Å². The molecule has 0 aliphatic rings. The third kappa shape index (κ3) is 8.08. The van der Waals surface area contributed by atoms with E-state index in [0.717, 1.165) is 12.2 Å². The molecule has 0 rings (SSSR count). The van der Waals surface area contributed by atoms with Crippen molar-refractivity contribution in [3.8, 4) is 0 Å². The van der Waals surface area contributed by atoms with Gasteiger partial charge >= 0.3 is 0 Å². The zero-order chi connectivity index (χ0) is 9.23. The van der Waals surface area contributed by atoms with Crippen LogP contribution in [0.15, 0.2) is 11.2 Å². The summed E-state index contributed by atoms with van der Waals surface area (Å²) in [7, 11) is 0. The van der Waals surface area contributed by atoms with Gasteiger partial charge in [0.15, 0.2) is 5.16 Å². The summed E-state index contributed by atoms with van der Waals surface area (Å²) in [6.07, 6.45) is 5.87. The first-order valence-corrected chi connectivity index (χ1v) is 5.39. The van der Waals surface area contributed by atoms with Crippen molar-refractivity contribution in [3.63, 3.8) is 0 Å². The first kappa shape index (κ1) is 12.0. The van der Waals surface area contributed by atoms with Crippen molar-refractivity contribution in [2.24, 2.45) is 0 Å². The standard InChI is InChI=1S/C9H17FOS/c1-2-3-4-5-8-12-9(10)6-7-11/h6,11H,2-5,7-8H2,1H3/b9-6-. The number of unbranched alkanes of at least 4 members (excludes halogenated alkanes) is 3. The van der Waals surface area contributed by atoms with Crippen LogP contribution in [-0.4, -0.2) is 17.5 Å². The molecule has 1 nitrogen and oxygen atoms in total. The molecule has 0 saturated heterocycles. The largest absolute Gasteiger partial charge is 0.392 e. The molecular formula is C9H17FOS. The molecule has 0 spiro atoms. The summed E-state index contributed by atoms with van der Waals surface area (Å²) in [5.74, 6) is 0.822. The molecule has 0 radical (unpaired) electrons. The van der Waals surface area contributed by atoms with E-state index < -0.39 is 0 Å². The Morgan fingerprint density at radius 3 is 2.75 bits per heavy atom. The molecule has 0 aromatic heterocycles. The number of aliphatic hydroxyl groups excluding tert-OH is 1. The van der Waals surface area contributed by atoms with Gasteiger partial charge in [-0.15, -0.1) is 0 Å². The van der Waals surface area contributed by atoms with Gasteiger partial charge in [0.25, 0.3) is 0 Å². The van der Waals surface area contributed by atoms with Crippen LogP contribution in [0.3, 0.4) is 0 Å². The summed E-state index contributed by atoms with van der Waals surface area (Å²) in [6, 6.07) is 0. The van der Waals surface area contributed by atoms with Crippen LogP contribution >= 0.6 is 11.8 Å². The average Bonchev–Trinajstić information content (AvgIpc) is 2.05. The fraction of sp³-hybridized carbons (Fsp3) is 0.778. The second-order valence-electron chi connectivity index (χ2n) is 2.60. The molecule has 0 aliphatic heterocycles. The summed E-state index contributed by atoms with van der Waals surface area (Å²) < 4.78 is 12.6. The van der Waals surface area contributed by atoms with Crippen LogP contribution < -0.4 is 0 Å². The molecule has 72 valence electrons. The molecule has 0 aromatic rings. The van der Waals surface area contributed by atoms with E-state index in [1.165, 1.54) is 37.1 Å². The lowest BCUT2D eigenvalue weighted by atomic mass is 10.2. The molecule has 0 fully saturated rings. The monoisotopic (exact) mass is 192 g/mol. The Hall–Kier alpha value is -0.0200. The molecule has 12 heavy (non-hydrogen) atoms. The molecule has 0 amide bonds. The van der Waals surface area contributed by atoms with Crippen molar-refractivity contribution in [2.75, 3.05) is 12.4 Å². The molecular weight excluding hydrogens is 175 g/mol. The van der Waals surface area contributed by atoms with E-state index in [2.05, 4.69) is 6.92 Å². The smallest absolute Gasteiger partial charge is 0.154 e. The van der Waals surface area contributed by atoms with Gasteiger partial charge in [0.1, 0.15) is 0 Å². The van der Waals surface area contributed by atoms with E-state index in [0.29, 0.717) is 0 Å². The fourth-order valence-corrected chi connectivity index (χ4v) is 1.57. The minimum absolute atomic E-state index is 0.201. The normalized spacial score (nSPS) is 12.1. The van der Waals surface area contributed by atoms with Crippen LogP contribution in [-0.2, 0) is 0 Å². The number of thioether (sulfide) groups is 1. The Morgan fingerprint density at radius 2 is 2.17 bits per heavy atom. The quantitative estimate of drug-likeness (QED) is 0.625. The lowest BCUT2D eigenvalue weighted by Crippen LogP contribution is -1.81. The first-order chi connectivity index (χ1) is 5.81. The number of aliphatic hydroxyl groups is 1. The van der Waals surface area contributed by atoms with Gasteiger partial charge in [0.2, 0.25) is 0 Å². The minimum atomic E-state index is -0.256. The third-order valence-electron chi connectivity index (χ3n) is 1.49. The van der Waals surface area contributed by atoms with Gasteiger partial charge in [-0.3, -0.25) is 0 Å². The zero-order valence-electron chi connectivity index (χ0n) is 7.55. The highest BCUT2D eigenvalue weighted by Gasteiger charge is 1.94. The second-order valence-corrected chi connectivity index (χ2v) is 3.69. The van der Waals surface area contributed by atoms with Crippen molar-refractivity contribution < 1.29 is 9.50 Å². The van der Waals surface area contributed by atoms with Gasteiger partial charge in [0.05, 0.1) is 6.61 Å². The highest BCUT2D eigenvalue weighted by atomic mass is 32.2. The van der Waals surface area contributed by atoms with Crippen molar-refractivity contribution in [1.29, 1.82) is 0 Å². The molecule has 1 N–H and O–H groups in total. The molecule has 3 heteroatoms. The summed E-state index contributed by atoms with van der Waals surface area (Å²) in [5, 5.41) is 8.09. The van der Waals surface area contributed by atoms with Crippen molar-refractivity contribution in [1.82, 2.24) is 0 Å². The van der Waals surface area contributed by atoms with Crippen LogP contribution in [0.25, 0.3) is 0 Å². The van der Waals surface area contributed by atoms with Gasteiger partial charge in [0, 0.05) is 5.75 Å². The summed E-state index contributed by atoms with van der Waals surface area (Å²) in [5.41, 5.74) is 0. The van der Waals surface area contributed by atoms with Gasteiger partial charge in [-0.1, -0.05) is 37.9 Å². The Kier molecular flexibility index (Phi) is 9.06. The summed E-state index contributed by atoms with van der Waals surface area (Å²) in [6.45, 7) is 1.95. The van der Waals surface area contributed by atoms with Crippen molar-refractivity contribution in [3.05, 3.63) is 11.2 Å². The van der Waals surface area contributed by atoms with E-state index in [4.69, 9.17) is 5.11 Å². The third-order valence-corrected chi connectivity index (χ3v) is 2.42. The van der Waals surface area contributed by atoms with E-state index in [1.54, 1.807) is 0 Å². The maximum atomic E-state index is 12.6. The number of hydrogen-bond donors (Lipinski definition) is 1. The number of halogens is 1. The summed E-state index contributed by atoms with van der Waals surface area (Å²) >= 11 is 1.19. The molecule has 0 atom stereocenters. The predicted molar refractivity (Wildman–Crippen MR) is 52.9 cm³/mol. The molecule has 0 aliphatic carbocycles. The molecule has 0 saturated carbocycles. The molecule has 0 bridgehead atoms. The Balaban J connectivity index is 3.14. The topological polar surface area (TPSA) is 20.2 Å². The Bertz CT molecular complexity index is 126. The molecule has 0 heterocycles. The maximum absolute atomic E-state index is 12.6. The number of rotatable bonds is 7. The predicted octanol–water partition coefficient (Wildman–Crippen LogP) is 3.10. The van der Waals surface area contributed by atoms with Gasteiger partial charge in [-0.25, -0.2) is 0 Å². The highest BCUT2D eigenvalue weighted by molar-refractivity contribution is 8.02. The van der Waals surface area contributed by atoms with Crippen LogP contribution in [0.2, 0.25) is 0 Å². The Labute approximate surface area is 78.1 Å². The zero-order valence-corrected chi connectivity index (χ0v) is 8.37. The van der Waals surface area contributed by atoms with Crippen LogP contribution in [0.4, 0.5) is 4.39 Å². The van der Waals surface area contributed by atoms with E-state index >= 15 is 0 Å². The van der Waals surface area contributed by atoms with Crippen LogP contribution in [0.1, 0.15) is 32.6 Å². The molecule has 0 unspecified atom stereocenters. The van der Waals surface area contributed by atoms with E-state index in [-0.39, 0.29) is 11.8 Å². The van der Waals surface area contributed by atoms with Gasteiger partial charge in [-0.2, -0.15) is 4.39 Å². The maximum Gasteiger partial charge on any atom is 0.154 e. The highest BCUT2D eigenvalue weighted by Crippen LogP contribution is 2.18. The first-order valence-electron chi connectivity index (χ1n) is 4.40.